The third kappa shape index (κ3) is 4.47. The Morgan fingerprint density at radius 1 is 1.13 bits per heavy atom. The van der Waals surface area contributed by atoms with Gasteiger partial charge in [-0.05, 0) is 41.8 Å². The second-order valence-corrected chi connectivity index (χ2v) is 8.18. The number of anilines is 1. The Hall–Kier alpha value is -3.16. The number of carbonyl (C=O) groups excluding carboxylic acids is 1. The van der Waals surface area contributed by atoms with Gasteiger partial charge in [0.25, 0.3) is 0 Å². The molecule has 0 aliphatic carbocycles. The van der Waals surface area contributed by atoms with Crippen molar-refractivity contribution in [1.82, 2.24) is 9.47 Å². The van der Waals surface area contributed by atoms with Crippen molar-refractivity contribution in [2.24, 2.45) is 7.05 Å². The number of thiophene rings is 1. The molecule has 0 aliphatic rings. The van der Waals surface area contributed by atoms with Gasteiger partial charge in [-0.2, -0.15) is 0 Å². The molecule has 31 heavy (non-hydrogen) atoms. The molecule has 0 radical (unpaired) electrons. The second-order valence-electron chi connectivity index (χ2n) is 7.23. The molecule has 0 fully saturated rings. The van der Waals surface area contributed by atoms with Gasteiger partial charge >= 0.3 is 6.03 Å². The zero-order valence-electron chi connectivity index (χ0n) is 17.5. The van der Waals surface area contributed by atoms with E-state index in [1.165, 1.54) is 12.1 Å². The number of para-hydroxylation sites is 1. The maximum absolute atomic E-state index is 13.2. The van der Waals surface area contributed by atoms with E-state index >= 15 is 0 Å². The number of carbonyl (C=O) groups is 1. The van der Waals surface area contributed by atoms with E-state index in [0.717, 1.165) is 27.0 Å². The first kappa shape index (κ1) is 21.1. The predicted octanol–water partition coefficient (Wildman–Crippen LogP) is 5.73. The number of hydrogen-bond donors (Lipinski definition) is 1. The smallest absolute Gasteiger partial charge is 0.322 e. The summed E-state index contributed by atoms with van der Waals surface area (Å²) in [6.07, 6.45) is 0. The van der Waals surface area contributed by atoms with Crippen LogP contribution in [0.3, 0.4) is 0 Å². The van der Waals surface area contributed by atoms with Crippen LogP contribution in [0.15, 0.2) is 66.0 Å². The van der Waals surface area contributed by atoms with Gasteiger partial charge in [-0.25, -0.2) is 9.18 Å². The number of amides is 2. The Balaban J connectivity index is 1.70. The van der Waals surface area contributed by atoms with E-state index in [2.05, 4.69) is 40.5 Å². The van der Waals surface area contributed by atoms with Crippen LogP contribution < -0.4 is 5.32 Å². The summed E-state index contributed by atoms with van der Waals surface area (Å²) >= 11 is 1.68. The van der Waals surface area contributed by atoms with Gasteiger partial charge in [0.05, 0.1) is 23.7 Å². The first-order valence-corrected chi connectivity index (χ1v) is 10.9. The van der Waals surface area contributed by atoms with Crippen LogP contribution in [0.2, 0.25) is 0 Å². The fraction of sp³-hybridized carbons (Fsp3) is 0.208. The Labute approximate surface area is 184 Å². The molecule has 0 atom stereocenters. The number of fused-ring (bicyclic) bond motifs is 1. The number of ether oxygens (including phenoxy) is 1. The fourth-order valence-corrected chi connectivity index (χ4v) is 4.57. The van der Waals surface area contributed by atoms with Crippen molar-refractivity contribution in [3.05, 3.63) is 77.4 Å². The number of rotatable bonds is 7. The predicted molar refractivity (Wildman–Crippen MR) is 124 cm³/mol. The third-order valence-corrected chi connectivity index (χ3v) is 6.14. The standard InChI is InChI=1S/C24H24FN3O2S/c1-27-21-7-4-3-6-19(21)20(23(27)22-8-5-15-31-22)16-28(13-14-30-2)24(29)26-18-11-9-17(25)10-12-18/h3-12,15H,13-14,16H2,1-2H3,(H,26,29). The number of aryl methyl sites for hydroxylation is 1. The molecule has 0 unspecified atom stereocenters. The average Bonchev–Trinajstić information content (AvgIpc) is 3.39. The number of nitrogens with zero attached hydrogens (tertiary/aromatic N) is 2. The van der Waals surface area contributed by atoms with Crippen LogP contribution in [0.4, 0.5) is 14.9 Å². The van der Waals surface area contributed by atoms with E-state index in [1.54, 1.807) is 35.5 Å². The molecular formula is C24H24FN3O2S. The summed E-state index contributed by atoms with van der Waals surface area (Å²) in [4.78, 5) is 16.0. The molecule has 0 spiro atoms. The zero-order valence-corrected chi connectivity index (χ0v) is 18.3. The summed E-state index contributed by atoms with van der Waals surface area (Å²) in [5, 5.41) is 6.04. The SMILES string of the molecule is COCCN(Cc1c(-c2cccs2)n(C)c2ccccc12)C(=O)Nc1ccc(F)cc1. The van der Waals surface area contributed by atoms with Gasteiger partial charge in [0.15, 0.2) is 0 Å². The Morgan fingerprint density at radius 3 is 2.61 bits per heavy atom. The van der Waals surface area contributed by atoms with Crippen molar-refractivity contribution in [2.75, 3.05) is 25.6 Å². The molecule has 5 nitrogen and oxygen atoms in total. The van der Waals surface area contributed by atoms with Gasteiger partial charge < -0.3 is 19.5 Å². The van der Waals surface area contributed by atoms with Gasteiger partial charge in [0.1, 0.15) is 5.82 Å². The number of hydrogen-bond acceptors (Lipinski definition) is 3. The highest BCUT2D eigenvalue weighted by Gasteiger charge is 2.22. The molecule has 0 aliphatic heterocycles. The van der Waals surface area contributed by atoms with Crippen molar-refractivity contribution < 1.29 is 13.9 Å². The maximum Gasteiger partial charge on any atom is 0.322 e. The van der Waals surface area contributed by atoms with Crippen molar-refractivity contribution in [2.45, 2.75) is 6.54 Å². The summed E-state index contributed by atoms with van der Waals surface area (Å²) in [7, 11) is 3.67. The number of halogens is 1. The summed E-state index contributed by atoms with van der Waals surface area (Å²) in [5.74, 6) is -0.342. The minimum absolute atomic E-state index is 0.256. The van der Waals surface area contributed by atoms with Crippen molar-refractivity contribution in [3.63, 3.8) is 0 Å². The number of nitrogens with one attached hydrogen (secondary N) is 1. The zero-order chi connectivity index (χ0) is 21.8. The van der Waals surface area contributed by atoms with Crippen molar-refractivity contribution >= 4 is 34.0 Å². The Kier molecular flexibility index (Phi) is 6.34. The molecule has 160 valence electrons. The second kappa shape index (κ2) is 9.32. The maximum atomic E-state index is 13.2. The molecule has 1 N–H and O–H groups in total. The van der Waals surface area contributed by atoms with Crippen LogP contribution in [0.5, 0.6) is 0 Å². The lowest BCUT2D eigenvalue weighted by molar-refractivity contribution is 0.153. The number of benzene rings is 2. The monoisotopic (exact) mass is 437 g/mol. The minimum atomic E-state index is -0.342. The molecule has 4 aromatic rings. The summed E-state index contributed by atoms with van der Waals surface area (Å²) < 4.78 is 20.7. The lowest BCUT2D eigenvalue weighted by atomic mass is 10.1. The van der Waals surface area contributed by atoms with Gasteiger partial charge in [-0.3, -0.25) is 0 Å². The first-order valence-electron chi connectivity index (χ1n) is 9.99. The lowest BCUT2D eigenvalue weighted by Crippen LogP contribution is -2.37. The fourth-order valence-electron chi connectivity index (χ4n) is 3.74. The molecule has 0 saturated heterocycles. The van der Waals surface area contributed by atoms with E-state index in [1.807, 2.05) is 18.2 Å². The van der Waals surface area contributed by atoms with Gasteiger partial charge in [0, 0.05) is 42.9 Å². The minimum Gasteiger partial charge on any atom is -0.383 e. The van der Waals surface area contributed by atoms with Crippen molar-refractivity contribution in [3.8, 4) is 10.6 Å². The summed E-state index contributed by atoms with van der Waals surface area (Å²) in [5.41, 5.74) is 3.86. The highest BCUT2D eigenvalue weighted by molar-refractivity contribution is 7.13. The Bertz CT molecular complexity index is 1170. The molecule has 4 rings (SSSR count). The van der Waals surface area contributed by atoms with E-state index in [9.17, 15) is 9.18 Å². The molecule has 7 heteroatoms. The van der Waals surface area contributed by atoms with E-state index in [4.69, 9.17) is 4.74 Å². The highest BCUT2D eigenvalue weighted by Crippen LogP contribution is 2.36. The molecule has 2 amide bonds. The van der Waals surface area contributed by atoms with E-state index < -0.39 is 0 Å². The third-order valence-electron chi connectivity index (χ3n) is 5.26. The topological polar surface area (TPSA) is 46.5 Å². The molecular weight excluding hydrogens is 413 g/mol. The van der Waals surface area contributed by atoms with Crippen LogP contribution in [0.25, 0.3) is 21.5 Å². The molecule has 0 bridgehead atoms. The summed E-state index contributed by atoms with van der Waals surface area (Å²) in [6.45, 7) is 1.26. The lowest BCUT2D eigenvalue weighted by Gasteiger charge is -2.23. The highest BCUT2D eigenvalue weighted by atomic mass is 32.1. The first-order chi connectivity index (χ1) is 15.1. The average molecular weight is 438 g/mol. The molecule has 2 heterocycles. The van der Waals surface area contributed by atoms with E-state index in [0.29, 0.717) is 25.4 Å². The van der Waals surface area contributed by atoms with Crippen LogP contribution in [-0.2, 0) is 18.3 Å². The normalized spacial score (nSPS) is 11.1. The quantitative estimate of drug-likeness (QED) is 0.402. The van der Waals surface area contributed by atoms with Gasteiger partial charge in [-0.15, -0.1) is 11.3 Å². The van der Waals surface area contributed by atoms with Crippen LogP contribution in [0, 0.1) is 5.82 Å². The van der Waals surface area contributed by atoms with E-state index in [-0.39, 0.29) is 11.8 Å². The van der Waals surface area contributed by atoms with Crippen LogP contribution in [-0.4, -0.2) is 35.8 Å². The van der Waals surface area contributed by atoms with Gasteiger partial charge in [-0.1, -0.05) is 24.3 Å². The molecule has 0 saturated carbocycles. The number of urea groups is 1. The molecule has 2 aromatic carbocycles. The van der Waals surface area contributed by atoms with Crippen molar-refractivity contribution in [1.29, 1.82) is 0 Å². The largest absolute Gasteiger partial charge is 0.383 e. The summed E-state index contributed by atoms with van der Waals surface area (Å²) in [6, 6.07) is 17.9. The molecule has 2 aromatic heterocycles. The van der Waals surface area contributed by atoms with Crippen LogP contribution in [0.1, 0.15) is 5.56 Å². The van der Waals surface area contributed by atoms with Gasteiger partial charge in [0.2, 0.25) is 0 Å². The number of aromatic nitrogens is 1. The van der Waals surface area contributed by atoms with Crippen LogP contribution >= 0.6 is 11.3 Å². The Morgan fingerprint density at radius 2 is 1.90 bits per heavy atom. The number of methoxy groups -OCH3 is 1.